The molecule has 0 heterocycles. The predicted molar refractivity (Wildman–Crippen MR) is 85.4 cm³/mol. The maximum atomic E-state index is 3.80. The smallest absolute Gasteiger partial charge is 0.0438 e. The van der Waals surface area contributed by atoms with E-state index >= 15 is 0 Å². The third-order valence-corrected chi connectivity index (χ3v) is 4.44. The van der Waals surface area contributed by atoms with Gasteiger partial charge in [0.05, 0.1) is 0 Å². The second-order valence-electron chi connectivity index (χ2n) is 4.66. The van der Waals surface area contributed by atoms with Crippen LogP contribution in [0.1, 0.15) is 27.1 Å². The highest BCUT2D eigenvalue weighted by Crippen LogP contribution is 2.30. The van der Waals surface area contributed by atoms with Crippen molar-refractivity contribution in [2.24, 2.45) is 0 Å². The quantitative estimate of drug-likeness (QED) is 0.606. The van der Waals surface area contributed by atoms with Crippen molar-refractivity contribution in [3.05, 3.63) is 69.2 Å². The lowest BCUT2D eigenvalue weighted by Crippen LogP contribution is -1.98. The molecule has 1 atom stereocenters. The van der Waals surface area contributed by atoms with Gasteiger partial charge in [0.15, 0.2) is 0 Å². The Morgan fingerprint density at radius 1 is 1.00 bits per heavy atom. The van der Waals surface area contributed by atoms with Gasteiger partial charge in [0.2, 0.25) is 0 Å². The van der Waals surface area contributed by atoms with Crippen LogP contribution in [-0.2, 0) is 6.42 Å². The van der Waals surface area contributed by atoms with Gasteiger partial charge in [-0.1, -0.05) is 67.8 Å². The van der Waals surface area contributed by atoms with Crippen LogP contribution in [0.4, 0.5) is 0 Å². The Kier molecular flexibility index (Phi) is 4.63. The number of rotatable bonds is 3. The highest BCUT2D eigenvalue weighted by molar-refractivity contribution is 9.10. The Morgan fingerprint density at radius 3 is 2.28 bits per heavy atom. The molecule has 0 radical (unpaired) electrons. The summed E-state index contributed by atoms with van der Waals surface area (Å²) in [6, 6.07) is 15.2. The molecule has 0 saturated heterocycles. The van der Waals surface area contributed by atoms with E-state index in [-0.39, 0.29) is 0 Å². The van der Waals surface area contributed by atoms with Crippen molar-refractivity contribution < 1.29 is 0 Å². The Hall–Kier alpha value is -0.600. The molecule has 0 aliphatic heterocycles. The van der Waals surface area contributed by atoms with E-state index in [2.05, 4.69) is 88.2 Å². The van der Waals surface area contributed by atoms with Crippen molar-refractivity contribution in [2.45, 2.75) is 25.1 Å². The molecule has 0 aliphatic rings. The largest absolute Gasteiger partial charge is 0.0835 e. The molecule has 0 saturated carbocycles. The topological polar surface area (TPSA) is 0 Å². The van der Waals surface area contributed by atoms with Crippen LogP contribution >= 0.6 is 31.9 Å². The molecule has 0 spiro atoms. The second kappa shape index (κ2) is 6.03. The lowest BCUT2D eigenvalue weighted by Gasteiger charge is -2.14. The first-order valence-electron chi connectivity index (χ1n) is 6.02. The first-order chi connectivity index (χ1) is 8.56. The van der Waals surface area contributed by atoms with Crippen molar-refractivity contribution >= 4 is 31.9 Å². The molecule has 2 aromatic carbocycles. The molecule has 0 nitrogen and oxygen atoms in total. The minimum atomic E-state index is 0.374. The Bertz CT molecular complexity index is 529. The van der Waals surface area contributed by atoms with Gasteiger partial charge in [-0.05, 0) is 49.1 Å². The summed E-state index contributed by atoms with van der Waals surface area (Å²) < 4.78 is 1.13. The molecule has 0 aromatic heterocycles. The maximum absolute atomic E-state index is 3.80. The standard InChI is InChI=1S/C16H16Br2/c1-11-3-8-15(12(2)9-11)16(18)10-13-4-6-14(17)7-5-13/h3-9,16H,10H2,1-2H3. The third kappa shape index (κ3) is 3.46. The summed E-state index contributed by atoms with van der Waals surface area (Å²) >= 11 is 7.27. The van der Waals surface area contributed by atoms with Crippen LogP contribution in [0.25, 0.3) is 0 Å². The molecule has 18 heavy (non-hydrogen) atoms. The van der Waals surface area contributed by atoms with Crippen LogP contribution in [0, 0.1) is 13.8 Å². The van der Waals surface area contributed by atoms with Crippen LogP contribution in [-0.4, -0.2) is 0 Å². The van der Waals surface area contributed by atoms with Crippen molar-refractivity contribution in [1.29, 1.82) is 0 Å². The first-order valence-corrected chi connectivity index (χ1v) is 7.73. The van der Waals surface area contributed by atoms with Crippen molar-refractivity contribution in [3.8, 4) is 0 Å². The molecule has 1 unspecified atom stereocenters. The summed E-state index contributed by atoms with van der Waals surface area (Å²) in [6.07, 6.45) is 1.01. The van der Waals surface area contributed by atoms with E-state index in [1.807, 2.05) is 0 Å². The lowest BCUT2D eigenvalue weighted by atomic mass is 9.99. The van der Waals surface area contributed by atoms with Gasteiger partial charge in [-0.3, -0.25) is 0 Å². The Labute approximate surface area is 126 Å². The van der Waals surface area contributed by atoms with Crippen molar-refractivity contribution in [2.75, 3.05) is 0 Å². The van der Waals surface area contributed by atoms with Gasteiger partial charge in [-0.25, -0.2) is 0 Å². The SMILES string of the molecule is Cc1ccc(C(Br)Cc2ccc(Br)cc2)c(C)c1. The van der Waals surface area contributed by atoms with Gasteiger partial charge in [0, 0.05) is 9.30 Å². The average molecular weight is 368 g/mol. The number of benzene rings is 2. The Balaban J connectivity index is 2.16. The van der Waals surface area contributed by atoms with Crippen LogP contribution < -0.4 is 0 Å². The van der Waals surface area contributed by atoms with Gasteiger partial charge in [0.25, 0.3) is 0 Å². The van der Waals surface area contributed by atoms with Gasteiger partial charge in [-0.2, -0.15) is 0 Å². The molecule has 2 heteroatoms. The monoisotopic (exact) mass is 366 g/mol. The lowest BCUT2D eigenvalue weighted by molar-refractivity contribution is 0.936. The molecule has 2 rings (SSSR count). The molecule has 0 bridgehead atoms. The van der Waals surface area contributed by atoms with Crippen LogP contribution in [0.15, 0.2) is 46.9 Å². The van der Waals surface area contributed by atoms with E-state index in [1.165, 1.54) is 22.3 Å². The zero-order chi connectivity index (χ0) is 13.1. The summed E-state index contributed by atoms with van der Waals surface area (Å²) in [4.78, 5) is 0.374. The van der Waals surface area contributed by atoms with E-state index < -0.39 is 0 Å². The van der Waals surface area contributed by atoms with E-state index in [0.717, 1.165) is 10.9 Å². The second-order valence-corrected chi connectivity index (χ2v) is 6.68. The predicted octanol–water partition coefficient (Wildman–Crippen LogP) is 5.74. The van der Waals surface area contributed by atoms with E-state index in [4.69, 9.17) is 0 Å². The Morgan fingerprint density at radius 2 is 1.67 bits per heavy atom. The molecule has 0 fully saturated rings. The minimum Gasteiger partial charge on any atom is -0.0835 e. The zero-order valence-corrected chi connectivity index (χ0v) is 13.8. The fourth-order valence-electron chi connectivity index (χ4n) is 2.11. The normalized spacial score (nSPS) is 12.4. The molecule has 0 aliphatic carbocycles. The molecule has 94 valence electrons. The molecular formula is C16H16Br2. The number of hydrogen-bond donors (Lipinski definition) is 0. The summed E-state index contributed by atoms with van der Waals surface area (Å²) in [5.41, 5.74) is 5.40. The van der Waals surface area contributed by atoms with Gasteiger partial charge in [0.1, 0.15) is 0 Å². The summed E-state index contributed by atoms with van der Waals surface area (Å²) in [7, 11) is 0. The summed E-state index contributed by atoms with van der Waals surface area (Å²) in [5, 5.41) is 0. The van der Waals surface area contributed by atoms with Gasteiger partial charge < -0.3 is 0 Å². The van der Waals surface area contributed by atoms with E-state index in [1.54, 1.807) is 0 Å². The molecular weight excluding hydrogens is 352 g/mol. The van der Waals surface area contributed by atoms with Gasteiger partial charge >= 0.3 is 0 Å². The van der Waals surface area contributed by atoms with E-state index in [9.17, 15) is 0 Å². The highest BCUT2D eigenvalue weighted by atomic mass is 79.9. The van der Waals surface area contributed by atoms with Crippen molar-refractivity contribution in [1.82, 2.24) is 0 Å². The molecule has 0 N–H and O–H groups in total. The van der Waals surface area contributed by atoms with E-state index in [0.29, 0.717) is 4.83 Å². The van der Waals surface area contributed by atoms with Crippen LogP contribution in [0.5, 0.6) is 0 Å². The number of aryl methyl sites for hydroxylation is 2. The number of halogens is 2. The van der Waals surface area contributed by atoms with Gasteiger partial charge in [-0.15, -0.1) is 0 Å². The third-order valence-electron chi connectivity index (χ3n) is 3.09. The first kappa shape index (κ1) is 13.8. The minimum absolute atomic E-state index is 0.374. The molecule has 0 amide bonds. The fraction of sp³-hybridized carbons (Fsp3) is 0.250. The fourth-order valence-corrected chi connectivity index (χ4v) is 3.27. The number of hydrogen-bond acceptors (Lipinski definition) is 0. The number of alkyl halides is 1. The molecule has 2 aromatic rings. The van der Waals surface area contributed by atoms with Crippen LogP contribution in [0.3, 0.4) is 0 Å². The average Bonchev–Trinajstić information content (AvgIpc) is 2.32. The van der Waals surface area contributed by atoms with Crippen molar-refractivity contribution in [3.63, 3.8) is 0 Å². The summed E-state index contributed by atoms with van der Waals surface area (Å²) in [5.74, 6) is 0. The zero-order valence-electron chi connectivity index (χ0n) is 10.6. The highest BCUT2D eigenvalue weighted by Gasteiger charge is 2.11. The maximum Gasteiger partial charge on any atom is 0.0438 e. The summed E-state index contributed by atoms with van der Waals surface area (Å²) in [6.45, 7) is 4.31. The van der Waals surface area contributed by atoms with Crippen LogP contribution in [0.2, 0.25) is 0 Å².